The van der Waals surface area contributed by atoms with Crippen molar-refractivity contribution >= 4 is 34.4 Å². The van der Waals surface area contributed by atoms with Gasteiger partial charge in [0.1, 0.15) is 4.75 Å². The molecule has 0 amide bonds. The van der Waals surface area contributed by atoms with Crippen molar-refractivity contribution < 1.29 is 14.7 Å². The second kappa shape index (κ2) is 6.55. The maximum Gasteiger partial charge on any atom is 0.324 e. The van der Waals surface area contributed by atoms with Gasteiger partial charge in [-0.1, -0.05) is 65.8 Å². The van der Waals surface area contributed by atoms with Crippen LogP contribution in [-0.2, 0) is 14.3 Å². The summed E-state index contributed by atoms with van der Waals surface area (Å²) in [4.78, 5) is 23.0. The standard InChI is InChI=1S/C17H15ClO3S/c1-11(19)22-17(2,16(20)21)14-9-8-13(10-15(14)18)12-6-4-3-5-7-12/h3-10H,1-2H3,(H,20,21). The maximum absolute atomic E-state index is 11.6. The Balaban J connectivity index is 2.49. The second-order valence-corrected chi connectivity index (χ2v) is 7.00. The first-order valence-electron chi connectivity index (χ1n) is 6.63. The molecule has 0 bridgehead atoms. The third kappa shape index (κ3) is 3.34. The fourth-order valence-electron chi connectivity index (χ4n) is 2.21. The van der Waals surface area contributed by atoms with E-state index >= 15 is 0 Å². The molecule has 114 valence electrons. The number of carboxylic acids is 1. The monoisotopic (exact) mass is 334 g/mol. The minimum Gasteiger partial charge on any atom is -0.480 e. The Labute approximate surface area is 138 Å². The molecule has 22 heavy (non-hydrogen) atoms. The Morgan fingerprint density at radius 1 is 1.09 bits per heavy atom. The van der Waals surface area contributed by atoms with Gasteiger partial charge in [0.25, 0.3) is 0 Å². The van der Waals surface area contributed by atoms with Crippen LogP contribution >= 0.6 is 23.4 Å². The Morgan fingerprint density at radius 2 is 1.73 bits per heavy atom. The van der Waals surface area contributed by atoms with E-state index < -0.39 is 10.7 Å². The molecule has 3 nitrogen and oxygen atoms in total. The van der Waals surface area contributed by atoms with Crippen LogP contribution in [0.4, 0.5) is 0 Å². The van der Waals surface area contributed by atoms with E-state index in [9.17, 15) is 14.7 Å². The van der Waals surface area contributed by atoms with Gasteiger partial charge in [-0.05, 0) is 29.7 Å². The van der Waals surface area contributed by atoms with Crippen molar-refractivity contribution in [1.29, 1.82) is 0 Å². The van der Waals surface area contributed by atoms with Crippen molar-refractivity contribution in [2.24, 2.45) is 0 Å². The Bertz CT molecular complexity index is 715. The highest BCUT2D eigenvalue weighted by atomic mass is 35.5. The predicted molar refractivity (Wildman–Crippen MR) is 90.1 cm³/mol. The average molecular weight is 335 g/mol. The summed E-state index contributed by atoms with van der Waals surface area (Å²) in [5, 5.41) is 9.58. The third-order valence-electron chi connectivity index (χ3n) is 3.35. The topological polar surface area (TPSA) is 54.4 Å². The lowest BCUT2D eigenvalue weighted by Crippen LogP contribution is -2.30. The number of carbonyl (C=O) groups excluding carboxylic acids is 1. The summed E-state index contributed by atoms with van der Waals surface area (Å²) < 4.78 is -1.40. The lowest BCUT2D eigenvalue weighted by atomic mass is 9.96. The van der Waals surface area contributed by atoms with Gasteiger partial charge in [-0.2, -0.15) is 0 Å². The third-order valence-corrected chi connectivity index (χ3v) is 4.75. The molecule has 0 saturated heterocycles. The smallest absolute Gasteiger partial charge is 0.324 e. The molecule has 5 heteroatoms. The zero-order chi connectivity index (χ0) is 16.3. The summed E-state index contributed by atoms with van der Waals surface area (Å²) in [6, 6.07) is 14.9. The van der Waals surface area contributed by atoms with Crippen LogP contribution in [-0.4, -0.2) is 16.2 Å². The number of carboxylic acid groups (broad SMARTS) is 1. The number of benzene rings is 2. The quantitative estimate of drug-likeness (QED) is 0.888. The van der Waals surface area contributed by atoms with Crippen LogP contribution in [0, 0.1) is 0 Å². The summed E-state index contributed by atoms with van der Waals surface area (Å²) >= 11 is 7.06. The predicted octanol–water partition coefficient (Wildman–Crippen LogP) is 4.59. The van der Waals surface area contributed by atoms with Crippen LogP contribution < -0.4 is 0 Å². The summed E-state index contributed by atoms with van der Waals surface area (Å²) in [6.45, 7) is 2.84. The molecule has 0 radical (unpaired) electrons. The fraction of sp³-hybridized carbons (Fsp3) is 0.176. The van der Waals surface area contributed by atoms with Gasteiger partial charge in [0.2, 0.25) is 0 Å². The molecule has 0 saturated carbocycles. The van der Waals surface area contributed by atoms with Gasteiger partial charge in [-0.15, -0.1) is 0 Å². The normalized spacial score (nSPS) is 13.4. The molecule has 0 heterocycles. The van der Waals surface area contributed by atoms with E-state index in [1.807, 2.05) is 36.4 Å². The van der Waals surface area contributed by atoms with Crippen molar-refractivity contribution in [2.45, 2.75) is 18.6 Å². The van der Waals surface area contributed by atoms with Crippen molar-refractivity contribution in [1.82, 2.24) is 0 Å². The van der Waals surface area contributed by atoms with Crippen molar-refractivity contribution in [3.63, 3.8) is 0 Å². The van der Waals surface area contributed by atoms with E-state index in [0.29, 0.717) is 10.6 Å². The number of carbonyl (C=O) groups is 2. The highest BCUT2D eigenvalue weighted by molar-refractivity contribution is 8.14. The highest BCUT2D eigenvalue weighted by Gasteiger charge is 2.39. The molecule has 2 aromatic rings. The van der Waals surface area contributed by atoms with Crippen LogP contribution in [0.2, 0.25) is 5.02 Å². The number of thioether (sulfide) groups is 1. The van der Waals surface area contributed by atoms with Crippen LogP contribution in [0.3, 0.4) is 0 Å². The van der Waals surface area contributed by atoms with E-state index in [1.54, 1.807) is 12.1 Å². The van der Waals surface area contributed by atoms with Gasteiger partial charge in [-0.3, -0.25) is 9.59 Å². The van der Waals surface area contributed by atoms with Gasteiger partial charge in [0.15, 0.2) is 5.12 Å². The molecule has 2 rings (SSSR count). The SMILES string of the molecule is CC(=O)SC(C)(C(=O)O)c1ccc(-c2ccccc2)cc1Cl. The summed E-state index contributed by atoms with van der Waals surface area (Å²) in [5.41, 5.74) is 2.31. The molecule has 0 fully saturated rings. The van der Waals surface area contributed by atoms with Crippen LogP contribution in [0.25, 0.3) is 11.1 Å². The molecule has 1 N–H and O–H groups in total. The minimum absolute atomic E-state index is 0.270. The van der Waals surface area contributed by atoms with Gasteiger partial charge < -0.3 is 5.11 Å². The Morgan fingerprint density at radius 3 is 2.23 bits per heavy atom. The minimum atomic E-state index is -1.40. The summed E-state index contributed by atoms with van der Waals surface area (Å²) in [7, 11) is 0. The first-order valence-corrected chi connectivity index (χ1v) is 7.82. The molecule has 1 unspecified atom stereocenters. The molecular formula is C17H15ClO3S. The molecule has 2 aromatic carbocycles. The van der Waals surface area contributed by atoms with E-state index in [0.717, 1.165) is 22.9 Å². The number of hydrogen-bond donors (Lipinski definition) is 1. The summed E-state index contributed by atoms with van der Waals surface area (Å²) in [6.07, 6.45) is 0. The highest BCUT2D eigenvalue weighted by Crippen LogP contribution is 2.41. The Hall–Kier alpha value is -1.78. The number of hydrogen-bond acceptors (Lipinski definition) is 3. The second-order valence-electron chi connectivity index (χ2n) is 4.99. The zero-order valence-corrected chi connectivity index (χ0v) is 13.7. The maximum atomic E-state index is 11.6. The molecule has 0 aliphatic rings. The molecule has 1 atom stereocenters. The van der Waals surface area contributed by atoms with Gasteiger partial charge >= 0.3 is 5.97 Å². The van der Waals surface area contributed by atoms with Crippen LogP contribution in [0.1, 0.15) is 19.4 Å². The number of aliphatic carboxylic acids is 1. The van der Waals surface area contributed by atoms with Crippen LogP contribution in [0.5, 0.6) is 0 Å². The van der Waals surface area contributed by atoms with Crippen LogP contribution in [0.15, 0.2) is 48.5 Å². The number of rotatable bonds is 4. The van der Waals surface area contributed by atoms with E-state index in [1.165, 1.54) is 13.8 Å². The van der Waals surface area contributed by atoms with Gasteiger partial charge in [0, 0.05) is 11.9 Å². The lowest BCUT2D eigenvalue weighted by Gasteiger charge is -2.24. The zero-order valence-electron chi connectivity index (χ0n) is 12.2. The van der Waals surface area contributed by atoms with Gasteiger partial charge in [0.05, 0.1) is 0 Å². The van der Waals surface area contributed by atoms with E-state index in [-0.39, 0.29) is 5.12 Å². The molecule has 0 aromatic heterocycles. The fourth-order valence-corrected chi connectivity index (χ4v) is 3.59. The van der Waals surface area contributed by atoms with E-state index in [4.69, 9.17) is 11.6 Å². The first kappa shape index (κ1) is 16.6. The van der Waals surface area contributed by atoms with Gasteiger partial charge in [-0.25, -0.2) is 0 Å². The van der Waals surface area contributed by atoms with Crippen molar-refractivity contribution in [2.75, 3.05) is 0 Å². The largest absolute Gasteiger partial charge is 0.480 e. The summed E-state index contributed by atoms with van der Waals surface area (Å²) in [5.74, 6) is -1.10. The number of halogens is 1. The molecule has 0 spiro atoms. The van der Waals surface area contributed by atoms with E-state index in [2.05, 4.69) is 0 Å². The first-order chi connectivity index (χ1) is 10.3. The van der Waals surface area contributed by atoms with Crippen molar-refractivity contribution in [3.05, 3.63) is 59.1 Å². The molecule has 0 aliphatic carbocycles. The molecular weight excluding hydrogens is 320 g/mol. The van der Waals surface area contributed by atoms with Crippen molar-refractivity contribution in [3.8, 4) is 11.1 Å². The lowest BCUT2D eigenvalue weighted by molar-refractivity contribution is -0.139. The average Bonchev–Trinajstić information content (AvgIpc) is 2.47. The molecule has 0 aliphatic heterocycles. The Kier molecular flexibility index (Phi) is 4.94.